The highest BCUT2D eigenvalue weighted by Crippen LogP contribution is 2.20. The van der Waals surface area contributed by atoms with Gasteiger partial charge in [0.15, 0.2) is 0 Å². The molecule has 0 aliphatic carbocycles. The molecule has 1 heterocycles. The van der Waals surface area contributed by atoms with Gasteiger partial charge in [0.25, 0.3) is 0 Å². The average molecular weight is 249 g/mol. The summed E-state index contributed by atoms with van der Waals surface area (Å²) in [6, 6.07) is 7.17. The maximum absolute atomic E-state index is 10.7. The van der Waals surface area contributed by atoms with Crippen molar-refractivity contribution >= 4 is 17.3 Å². The van der Waals surface area contributed by atoms with Crippen LogP contribution in [0.5, 0.6) is 5.75 Å². The third kappa shape index (κ3) is 3.29. The minimum atomic E-state index is -0.862. The number of carboxylic acid groups (broad SMARTS) is 1. The van der Waals surface area contributed by atoms with Crippen LogP contribution in [0, 0.1) is 0 Å². The van der Waals surface area contributed by atoms with Crippen molar-refractivity contribution in [1.82, 2.24) is 4.98 Å². The van der Waals surface area contributed by atoms with Crippen molar-refractivity contribution in [3.05, 3.63) is 46.4 Å². The van der Waals surface area contributed by atoms with E-state index in [9.17, 15) is 4.79 Å². The maximum Gasteiger partial charge on any atom is 0.307 e. The summed E-state index contributed by atoms with van der Waals surface area (Å²) in [7, 11) is 0. The number of benzene rings is 1. The van der Waals surface area contributed by atoms with Crippen LogP contribution in [-0.4, -0.2) is 16.1 Å². The molecular weight excluding hydrogens is 238 g/mol. The van der Waals surface area contributed by atoms with Gasteiger partial charge in [-0.15, -0.1) is 11.3 Å². The van der Waals surface area contributed by atoms with Crippen LogP contribution >= 0.6 is 11.3 Å². The topological polar surface area (TPSA) is 59.4 Å². The van der Waals surface area contributed by atoms with Gasteiger partial charge in [-0.05, 0) is 6.07 Å². The van der Waals surface area contributed by atoms with E-state index in [1.807, 2.05) is 6.07 Å². The number of para-hydroxylation sites is 1. The molecule has 0 bridgehead atoms. The molecule has 88 valence electrons. The molecule has 0 spiro atoms. The number of rotatable bonds is 5. The SMILES string of the molecule is O=C(O)Cc1ccccc1OCc1cncs1. The molecule has 0 saturated carbocycles. The van der Waals surface area contributed by atoms with E-state index < -0.39 is 5.97 Å². The third-order valence-electron chi connectivity index (χ3n) is 2.17. The van der Waals surface area contributed by atoms with Gasteiger partial charge in [-0.3, -0.25) is 9.78 Å². The van der Waals surface area contributed by atoms with Gasteiger partial charge < -0.3 is 9.84 Å². The van der Waals surface area contributed by atoms with Crippen LogP contribution in [0.15, 0.2) is 36.0 Å². The van der Waals surface area contributed by atoms with Crippen LogP contribution < -0.4 is 4.74 Å². The molecule has 0 unspecified atom stereocenters. The lowest BCUT2D eigenvalue weighted by Gasteiger charge is -2.08. The Labute approximate surface area is 103 Å². The first-order valence-corrected chi connectivity index (χ1v) is 5.93. The quantitative estimate of drug-likeness (QED) is 0.883. The highest BCUT2D eigenvalue weighted by Gasteiger charge is 2.07. The Morgan fingerprint density at radius 2 is 2.24 bits per heavy atom. The average Bonchev–Trinajstić information content (AvgIpc) is 2.80. The van der Waals surface area contributed by atoms with E-state index in [0.717, 1.165) is 4.88 Å². The fourth-order valence-electron chi connectivity index (χ4n) is 1.42. The van der Waals surface area contributed by atoms with Gasteiger partial charge in [0.2, 0.25) is 0 Å². The molecule has 0 radical (unpaired) electrons. The number of hydrogen-bond acceptors (Lipinski definition) is 4. The molecule has 0 aliphatic rings. The first-order chi connectivity index (χ1) is 8.25. The minimum absolute atomic E-state index is 0.0289. The standard InChI is InChI=1S/C12H11NO3S/c14-12(15)5-9-3-1-2-4-11(9)16-7-10-6-13-8-17-10/h1-4,6,8H,5,7H2,(H,14,15). The molecule has 1 N–H and O–H groups in total. The van der Waals surface area contributed by atoms with E-state index >= 15 is 0 Å². The molecule has 0 saturated heterocycles. The fraction of sp³-hybridized carbons (Fsp3) is 0.167. The van der Waals surface area contributed by atoms with Gasteiger partial charge in [-0.2, -0.15) is 0 Å². The van der Waals surface area contributed by atoms with Crippen LogP contribution in [0.2, 0.25) is 0 Å². The predicted molar refractivity (Wildman–Crippen MR) is 64.2 cm³/mol. The number of hydrogen-bond donors (Lipinski definition) is 1. The lowest BCUT2D eigenvalue weighted by atomic mass is 10.1. The zero-order valence-electron chi connectivity index (χ0n) is 9.00. The van der Waals surface area contributed by atoms with Gasteiger partial charge in [-0.1, -0.05) is 18.2 Å². The zero-order valence-corrected chi connectivity index (χ0v) is 9.81. The molecule has 0 aliphatic heterocycles. The second kappa shape index (κ2) is 5.45. The van der Waals surface area contributed by atoms with Crippen molar-refractivity contribution in [3.8, 4) is 5.75 Å². The van der Waals surface area contributed by atoms with Crippen LogP contribution in [0.3, 0.4) is 0 Å². The Morgan fingerprint density at radius 1 is 1.41 bits per heavy atom. The summed E-state index contributed by atoms with van der Waals surface area (Å²) in [6.45, 7) is 0.418. The number of thiazole rings is 1. The molecule has 4 nitrogen and oxygen atoms in total. The Morgan fingerprint density at radius 3 is 2.94 bits per heavy atom. The molecule has 5 heteroatoms. The largest absolute Gasteiger partial charge is 0.488 e. The molecule has 0 atom stereocenters. The van der Waals surface area contributed by atoms with Crippen molar-refractivity contribution in [2.45, 2.75) is 13.0 Å². The lowest BCUT2D eigenvalue weighted by molar-refractivity contribution is -0.136. The molecule has 1 aromatic carbocycles. The van der Waals surface area contributed by atoms with E-state index in [-0.39, 0.29) is 6.42 Å². The fourth-order valence-corrected chi connectivity index (χ4v) is 1.92. The Kier molecular flexibility index (Phi) is 3.72. The van der Waals surface area contributed by atoms with Gasteiger partial charge >= 0.3 is 5.97 Å². The molecule has 17 heavy (non-hydrogen) atoms. The third-order valence-corrected chi connectivity index (χ3v) is 2.92. The number of carbonyl (C=O) groups is 1. The van der Waals surface area contributed by atoms with E-state index in [2.05, 4.69) is 4.98 Å². The molecule has 0 fully saturated rings. The summed E-state index contributed by atoms with van der Waals surface area (Å²) in [6.07, 6.45) is 1.71. The Hall–Kier alpha value is -1.88. The predicted octanol–water partition coefficient (Wildman–Crippen LogP) is 2.35. The summed E-state index contributed by atoms with van der Waals surface area (Å²) >= 11 is 1.51. The van der Waals surface area contributed by atoms with Crippen molar-refractivity contribution in [2.24, 2.45) is 0 Å². The first kappa shape index (κ1) is 11.6. The van der Waals surface area contributed by atoms with Gasteiger partial charge in [-0.25, -0.2) is 0 Å². The van der Waals surface area contributed by atoms with E-state index in [1.54, 1.807) is 29.9 Å². The number of nitrogens with zero attached hydrogens (tertiary/aromatic N) is 1. The van der Waals surface area contributed by atoms with Crippen LogP contribution in [0.25, 0.3) is 0 Å². The number of carboxylic acids is 1. The highest BCUT2D eigenvalue weighted by atomic mass is 32.1. The van der Waals surface area contributed by atoms with E-state index in [0.29, 0.717) is 17.9 Å². The lowest BCUT2D eigenvalue weighted by Crippen LogP contribution is -2.03. The second-order valence-corrected chi connectivity index (χ2v) is 4.41. The summed E-state index contributed by atoms with van der Waals surface area (Å²) in [4.78, 5) is 15.6. The molecule has 1 aromatic heterocycles. The van der Waals surface area contributed by atoms with E-state index in [4.69, 9.17) is 9.84 Å². The van der Waals surface area contributed by atoms with Crippen LogP contribution in [-0.2, 0) is 17.8 Å². The smallest absolute Gasteiger partial charge is 0.307 e. The summed E-state index contributed by atoms with van der Waals surface area (Å²) in [5.74, 6) is -0.248. The van der Waals surface area contributed by atoms with Crippen molar-refractivity contribution in [1.29, 1.82) is 0 Å². The van der Waals surface area contributed by atoms with Gasteiger partial charge in [0.1, 0.15) is 12.4 Å². The van der Waals surface area contributed by atoms with Crippen LogP contribution in [0.4, 0.5) is 0 Å². The monoisotopic (exact) mass is 249 g/mol. The second-order valence-electron chi connectivity index (χ2n) is 3.43. The van der Waals surface area contributed by atoms with Crippen molar-refractivity contribution in [2.75, 3.05) is 0 Å². The Bertz CT molecular complexity index is 496. The normalized spacial score (nSPS) is 10.1. The number of ether oxygens (including phenoxy) is 1. The van der Waals surface area contributed by atoms with E-state index in [1.165, 1.54) is 11.3 Å². The molecular formula is C12H11NO3S. The Balaban J connectivity index is 2.06. The maximum atomic E-state index is 10.7. The zero-order chi connectivity index (χ0) is 12.1. The summed E-state index contributed by atoms with van der Waals surface area (Å²) in [5.41, 5.74) is 2.42. The van der Waals surface area contributed by atoms with Gasteiger partial charge in [0, 0.05) is 11.8 Å². The highest BCUT2D eigenvalue weighted by molar-refractivity contribution is 7.09. The molecule has 2 rings (SSSR count). The summed E-state index contributed by atoms with van der Waals surface area (Å²) < 4.78 is 5.59. The number of aromatic nitrogens is 1. The van der Waals surface area contributed by atoms with Gasteiger partial charge in [0.05, 0.1) is 16.8 Å². The van der Waals surface area contributed by atoms with Crippen LogP contribution in [0.1, 0.15) is 10.4 Å². The van der Waals surface area contributed by atoms with Crippen molar-refractivity contribution < 1.29 is 14.6 Å². The molecule has 2 aromatic rings. The van der Waals surface area contributed by atoms with Crippen molar-refractivity contribution in [3.63, 3.8) is 0 Å². The minimum Gasteiger partial charge on any atom is -0.488 e. The number of aliphatic carboxylic acids is 1. The summed E-state index contributed by atoms with van der Waals surface area (Å²) in [5, 5.41) is 8.78. The first-order valence-electron chi connectivity index (χ1n) is 5.05. The molecule has 0 amide bonds.